The van der Waals surface area contributed by atoms with Crippen molar-refractivity contribution in [2.45, 2.75) is 19.3 Å². The number of hydrogen-bond donors (Lipinski definition) is 1. The second-order valence-electron chi connectivity index (χ2n) is 7.86. The number of nitrogens with zero attached hydrogens (tertiary/aromatic N) is 3. The van der Waals surface area contributed by atoms with Gasteiger partial charge in [-0.1, -0.05) is 12.1 Å². The molecule has 3 amide bonds. The molecule has 0 bridgehead atoms. The number of aryl methyl sites for hydroxylation is 1. The Morgan fingerprint density at radius 2 is 1.76 bits per heavy atom. The standard InChI is InChI=1S/C24H26N4O5S/c1-32-19-7-4-17(5-8-19)6-9-21(29)27-10-12-28(13-11-27)22(30)15-18-16-34-24(25-18)26-23(31)20-3-2-14-33-20/h2-5,7-8,14,16H,6,9-13,15H2,1H3,(H,25,26,31). The Bertz CT molecular complexity index is 1120. The molecule has 4 rings (SSSR count). The zero-order valence-corrected chi connectivity index (χ0v) is 19.7. The third kappa shape index (κ3) is 6.02. The second-order valence-corrected chi connectivity index (χ2v) is 8.72. The average Bonchev–Trinajstić information content (AvgIpc) is 3.55. The van der Waals surface area contributed by atoms with Crippen LogP contribution in [0, 0.1) is 0 Å². The number of nitrogens with one attached hydrogen (secondary N) is 1. The van der Waals surface area contributed by atoms with E-state index in [4.69, 9.17) is 9.15 Å². The van der Waals surface area contributed by atoms with E-state index in [1.54, 1.807) is 29.5 Å². The highest BCUT2D eigenvalue weighted by Gasteiger charge is 2.24. The Labute approximate surface area is 201 Å². The summed E-state index contributed by atoms with van der Waals surface area (Å²) in [4.78, 5) is 45.2. The van der Waals surface area contributed by atoms with Crippen LogP contribution < -0.4 is 10.1 Å². The molecular weight excluding hydrogens is 456 g/mol. The zero-order valence-electron chi connectivity index (χ0n) is 18.9. The molecule has 1 aliphatic rings. The molecule has 0 aliphatic carbocycles. The van der Waals surface area contributed by atoms with Crippen LogP contribution in [0.15, 0.2) is 52.5 Å². The van der Waals surface area contributed by atoms with Gasteiger partial charge in [-0.2, -0.15) is 0 Å². The number of hydrogen-bond acceptors (Lipinski definition) is 7. The number of ether oxygens (including phenoxy) is 1. The Morgan fingerprint density at radius 1 is 1.06 bits per heavy atom. The van der Waals surface area contributed by atoms with E-state index < -0.39 is 0 Å². The van der Waals surface area contributed by atoms with Gasteiger partial charge in [-0.3, -0.25) is 19.7 Å². The fraction of sp³-hybridized carbons (Fsp3) is 0.333. The molecule has 1 fully saturated rings. The van der Waals surface area contributed by atoms with Crippen molar-refractivity contribution in [2.75, 3.05) is 38.6 Å². The molecule has 0 unspecified atom stereocenters. The van der Waals surface area contributed by atoms with Crippen molar-refractivity contribution in [2.24, 2.45) is 0 Å². The van der Waals surface area contributed by atoms with Crippen molar-refractivity contribution in [3.63, 3.8) is 0 Å². The van der Waals surface area contributed by atoms with E-state index in [1.807, 2.05) is 29.2 Å². The highest BCUT2D eigenvalue weighted by Crippen LogP contribution is 2.18. The third-order valence-electron chi connectivity index (χ3n) is 5.62. The molecule has 34 heavy (non-hydrogen) atoms. The molecule has 10 heteroatoms. The zero-order chi connectivity index (χ0) is 23.9. The van der Waals surface area contributed by atoms with E-state index >= 15 is 0 Å². The van der Waals surface area contributed by atoms with Gasteiger partial charge in [-0.05, 0) is 36.2 Å². The molecule has 1 aliphatic heterocycles. The minimum atomic E-state index is -0.384. The number of furan rings is 1. The van der Waals surface area contributed by atoms with Gasteiger partial charge in [-0.25, -0.2) is 4.98 Å². The SMILES string of the molecule is COc1ccc(CCC(=O)N2CCN(C(=O)Cc3csc(NC(=O)c4ccco4)n3)CC2)cc1. The maximum absolute atomic E-state index is 12.7. The Morgan fingerprint density at radius 3 is 2.41 bits per heavy atom. The van der Waals surface area contributed by atoms with E-state index in [2.05, 4.69) is 10.3 Å². The minimum absolute atomic E-state index is 0.0421. The van der Waals surface area contributed by atoms with Crippen LogP contribution in [0.3, 0.4) is 0 Å². The van der Waals surface area contributed by atoms with E-state index in [-0.39, 0.29) is 29.9 Å². The fourth-order valence-corrected chi connectivity index (χ4v) is 4.39. The number of benzene rings is 1. The van der Waals surface area contributed by atoms with Gasteiger partial charge in [0.25, 0.3) is 5.91 Å². The molecule has 1 N–H and O–H groups in total. The Balaban J connectivity index is 1.20. The van der Waals surface area contributed by atoms with Gasteiger partial charge in [0.15, 0.2) is 10.9 Å². The van der Waals surface area contributed by atoms with Crippen molar-refractivity contribution < 1.29 is 23.5 Å². The predicted molar refractivity (Wildman–Crippen MR) is 127 cm³/mol. The molecule has 1 saturated heterocycles. The summed E-state index contributed by atoms with van der Waals surface area (Å²) < 4.78 is 10.2. The van der Waals surface area contributed by atoms with E-state index in [1.165, 1.54) is 17.6 Å². The molecule has 3 aromatic rings. The van der Waals surface area contributed by atoms with Crippen molar-refractivity contribution in [1.29, 1.82) is 0 Å². The summed E-state index contributed by atoms with van der Waals surface area (Å²) in [5, 5.41) is 4.84. The van der Waals surface area contributed by atoms with E-state index in [0.29, 0.717) is 49.8 Å². The first-order chi connectivity index (χ1) is 16.5. The predicted octanol–water partition coefficient (Wildman–Crippen LogP) is 2.84. The first-order valence-electron chi connectivity index (χ1n) is 11.0. The number of amides is 3. The summed E-state index contributed by atoms with van der Waals surface area (Å²) in [7, 11) is 1.63. The average molecular weight is 483 g/mol. The number of methoxy groups -OCH3 is 1. The number of piperazine rings is 1. The summed E-state index contributed by atoms with van der Waals surface area (Å²) in [6.45, 7) is 2.04. The van der Waals surface area contributed by atoms with Crippen LogP contribution in [0.25, 0.3) is 0 Å². The molecule has 0 saturated carbocycles. The van der Waals surface area contributed by atoms with Crippen molar-refractivity contribution in [3.05, 3.63) is 65.1 Å². The van der Waals surface area contributed by atoms with Gasteiger partial charge in [0.05, 0.1) is 25.5 Å². The summed E-state index contributed by atoms with van der Waals surface area (Å²) >= 11 is 1.26. The lowest BCUT2D eigenvalue weighted by Crippen LogP contribution is -2.51. The third-order valence-corrected chi connectivity index (χ3v) is 6.43. The molecule has 1 aromatic carbocycles. The van der Waals surface area contributed by atoms with Crippen LogP contribution in [0.4, 0.5) is 5.13 Å². The first kappa shape index (κ1) is 23.5. The van der Waals surface area contributed by atoms with Crippen molar-refractivity contribution in [1.82, 2.24) is 14.8 Å². The van der Waals surface area contributed by atoms with Gasteiger partial charge in [0.2, 0.25) is 11.8 Å². The van der Waals surface area contributed by atoms with Crippen LogP contribution >= 0.6 is 11.3 Å². The molecular formula is C24H26N4O5S. The number of anilines is 1. The maximum Gasteiger partial charge on any atom is 0.293 e. The number of rotatable bonds is 8. The van der Waals surface area contributed by atoms with Crippen LogP contribution in [0.2, 0.25) is 0 Å². The largest absolute Gasteiger partial charge is 0.497 e. The summed E-state index contributed by atoms with van der Waals surface area (Å²) in [5.41, 5.74) is 1.69. The van der Waals surface area contributed by atoms with Crippen LogP contribution in [-0.4, -0.2) is 65.8 Å². The fourth-order valence-electron chi connectivity index (χ4n) is 3.69. The molecule has 0 spiro atoms. The normalized spacial score (nSPS) is 13.6. The quantitative estimate of drug-likeness (QED) is 0.529. The Kier molecular flexibility index (Phi) is 7.58. The van der Waals surface area contributed by atoms with Crippen LogP contribution in [0.1, 0.15) is 28.2 Å². The molecule has 178 valence electrons. The maximum atomic E-state index is 12.7. The molecule has 9 nitrogen and oxygen atoms in total. The second kappa shape index (κ2) is 11.0. The van der Waals surface area contributed by atoms with E-state index in [0.717, 1.165) is 11.3 Å². The Hall–Kier alpha value is -3.66. The van der Waals surface area contributed by atoms with Gasteiger partial charge >= 0.3 is 0 Å². The van der Waals surface area contributed by atoms with Gasteiger partial charge in [0.1, 0.15) is 5.75 Å². The molecule has 0 atom stereocenters. The summed E-state index contributed by atoms with van der Waals surface area (Å²) in [5.74, 6) is 0.663. The van der Waals surface area contributed by atoms with Gasteiger partial charge < -0.3 is 19.0 Å². The minimum Gasteiger partial charge on any atom is -0.497 e. The monoisotopic (exact) mass is 482 g/mol. The van der Waals surface area contributed by atoms with Crippen LogP contribution in [0.5, 0.6) is 5.75 Å². The smallest absolute Gasteiger partial charge is 0.293 e. The highest BCUT2D eigenvalue weighted by molar-refractivity contribution is 7.14. The highest BCUT2D eigenvalue weighted by atomic mass is 32.1. The molecule has 3 heterocycles. The lowest BCUT2D eigenvalue weighted by atomic mass is 10.1. The van der Waals surface area contributed by atoms with Crippen molar-refractivity contribution >= 4 is 34.2 Å². The molecule has 0 radical (unpaired) electrons. The lowest BCUT2D eigenvalue weighted by Gasteiger charge is -2.34. The summed E-state index contributed by atoms with van der Waals surface area (Å²) in [6.07, 6.45) is 2.68. The van der Waals surface area contributed by atoms with Gasteiger partial charge in [0, 0.05) is 38.0 Å². The number of thiazole rings is 1. The topological polar surface area (TPSA) is 105 Å². The van der Waals surface area contributed by atoms with Crippen LogP contribution in [-0.2, 0) is 22.4 Å². The first-order valence-corrected chi connectivity index (χ1v) is 11.9. The van der Waals surface area contributed by atoms with E-state index in [9.17, 15) is 14.4 Å². The van der Waals surface area contributed by atoms with Gasteiger partial charge in [-0.15, -0.1) is 11.3 Å². The van der Waals surface area contributed by atoms with Crippen molar-refractivity contribution in [3.8, 4) is 5.75 Å². The lowest BCUT2D eigenvalue weighted by molar-refractivity contribution is -0.139. The number of aromatic nitrogens is 1. The number of carbonyl (C=O) groups excluding carboxylic acids is 3. The number of carbonyl (C=O) groups is 3. The summed E-state index contributed by atoms with van der Waals surface area (Å²) in [6, 6.07) is 10.9. The molecule has 2 aromatic heterocycles.